The molecule has 0 aromatic carbocycles. The Kier molecular flexibility index (Phi) is 4.71. The van der Waals surface area contributed by atoms with E-state index in [0.29, 0.717) is 30.3 Å². The number of aromatic nitrogens is 4. The minimum atomic E-state index is -0.209. The largest absolute Gasteiger partial charge is 0.369 e. The maximum absolute atomic E-state index is 11.5. The Labute approximate surface area is 208 Å². The molecule has 1 saturated heterocycles. The Morgan fingerprint density at radius 3 is 2.86 bits per heavy atom. The lowest BCUT2D eigenvalue weighted by Gasteiger charge is -2.30. The van der Waals surface area contributed by atoms with Gasteiger partial charge in [0.1, 0.15) is 11.2 Å². The molecule has 3 atom stereocenters. The SMILES string of the molecule is Cc1c(C2CC3CC2CN3CC(N)=O)sc2[nH]c(-c3cn4ncnc4c4c3CCC4)c(C(C)C)c12. The first-order chi connectivity index (χ1) is 16.9. The zero-order valence-electron chi connectivity index (χ0n) is 20.6. The highest BCUT2D eigenvalue weighted by Crippen LogP contribution is 2.53. The number of nitrogens with zero attached hydrogens (tertiary/aromatic N) is 4. The predicted molar refractivity (Wildman–Crippen MR) is 139 cm³/mol. The predicted octanol–water partition coefficient (Wildman–Crippen LogP) is 4.52. The van der Waals surface area contributed by atoms with Crippen LogP contribution in [0.5, 0.6) is 0 Å². The standard InChI is InChI=1S/C27H32N6OS/c1-13(2)22-23-14(3)25(19-8-16-7-15(19)9-32(16)11-21(28)34)35-27(23)31-24(22)20-10-33-26(29-12-30-33)18-6-4-5-17(18)20/h10,12-13,15-16,19,31H,4-9,11H2,1-3H3,(H2,28,34). The maximum Gasteiger partial charge on any atom is 0.231 e. The Bertz CT molecular complexity index is 1490. The van der Waals surface area contributed by atoms with Crippen molar-refractivity contribution in [3.05, 3.63) is 39.7 Å². The first kappa shape index (κ1) is 21.6. The number of aromatic amines is 1. The molecule has 1 aliphatic heterocycles. The minimum Gasteiger partial charge on any atom is -0.369 e. The number of carbonyl (C=O) groups excluding carboxylic acids is 1. The summed E-state index contributed by atoms with van der Waals surface area (Å²) in [6, 6.07) is 0.495. The third-order valence-corrected chi connectivity index (χ3v) is 10.1. The summed E-state index contributed by atoms with van der Waals surface area (Å²) in [5.74, 6) is 1.42. The molecule has 7 nitrogen and oxygen atoms in total. The van der Waals surface area contributed by atoms with Gasteiger partial charge < -0.3 is 10.7 Å². The quantitative estimate of drug-likeness (QED) is 0.432. The lowest BCUT2D eigenvalue weighted by Crippen LogP contribution is -2.40. The molecule has 2 aliphatic carbocycles. The summed E-state index contributed by atoms with van der Waals surface area (Å²) in [5.41, 5.74) is 14.8. The summed E-state index contributed by atoms with van der Waals surface area (Å²) >= 11 is 1.96. The topological polar surface area (TPSA) is 92.3 Å². The zero-order valence-corrected chi connectivity index (χ0v) is 21.4. The van der Waals surface area contributed by atoms with Gasteiger partial charge in [0.15, 0.2) is 5.65 Å². The van der Waals surface area contributed by atoms with Gasteiger partial charge in [-0.3, -0.25) is 9.69 Å². The molecule has 3 unspecified atom stereocenters. The van der Waals surface area contributed by atoms with Crippen molar-refractivity contribution in [1.29, 1.82) is 0 Å². The number of pyridine rings is 1. The number of likely N-dealkylation sites (tertiary alicyclic amines) is 1. The molecule has 1 saturated carbocycles. The molecule has 1 amide bonds. The number of rotatable bonds is 5. The number of primary amides is 1. The van der Waals surface area contributed by atoms with Crippen LogP contribution in [-0.4, -0.2) is 49.5 Å². The summed E-state index contributed by atoms with van der Waals surface area (Å²) in [6.07, 6.45) is 9.56. The Morgan fingerprint density at radius 1 is 1.29 bits per heavy atom. The van der Waals surface area contributed by atoms with Crippen LogP contribution in [0, 0.1) is 12.8 Å². The summed E-state index contributed by atoms with van der Waals surface area (Å²) in [7, 11) is 0. The van der Waals surface area contributed by atoms with Gasteiger partial charge in [-0.15, -0.1) is 11.3 Å². The highest BCUT2D eigenvalue weighted by Gasteiger charge is 2.46. The number of piperidine rings is 1. The van der Waals surface area contributed by atoms with E-state index in [9.17, 15) is 4.79 Å². The number of hydrogen-bond donors (Lipinski definition) is 2. The van der Waals surface area contributed by atoms with Crippen LogP contribution >= 0.6 is 11.3 Å². The molecule has 2 fully saturated rings. The number of nitrogens with two attached hydrogens (primary N) is 1. The second-order valence-electron chi connectivity index (χ2n) is 11.1. The molecule has 182 valence electrons. The molecule has 0 spiro atoms. The molecular weight excluding hydrogens is 456 g/mol. The van der Waals surface area contributed by atoms with Crippen molar-refractivity contribution >= 4 is 33.1 Å². The van der Waals surface area contributed by atoms with Crippen LogP contribution in [0.4, 0.5) is 0 Å². The minimum absolute atomic E-state index is 0.209. The second kappa shape index (κ2) is 7.64. The summed E-state index contributed by atoms with van der Waals surface area (Å²) < 4.78 is 1.96. The maximum atomic E-state index is 11.5. The van der Waals surface area contributed by atoms with E-state index in [1.807, 2.05) is 15.9 Å². The van der Waals surface area contributed by atoms with Gasteiger partial charge >= 0.3 is 0 Å². The summed E-state index contributed by atoms with van der Waals surface area (Å²) in [6.45, 7) is 8.36. The third-order valence-electron chi connectivity index (χ3n) is 8.80. The zero-order chi connectivity index (χ0) is 24.0. The monoisotopic (exact) mass is 488 g/mol. The van der Waals surface area contributed by atoms with E-state index in [1.165, 1.54) is 56.6 Å². The lowest BCUT2D eigenvalue weighted by molar-refractivity contribution is -0.119. The van der Waals surface area contributed by atoms with E-state index < -0.39 is 0 Å². The number of hydrogen-bond acceptors (Lipinski definition) is 5. The van der Waals surface area contributed by atoms with Crippen LogP contribution < -0.4 is 5.73 Å². The molecule has 3 aliphatic rings. The van der Waals surface area contributed by atoms with E-state index >= 15 is 0 Å². The summed E-state index contributed by atoms with van der Waals surface area (Å²) in [5, 5.41) is 5.92. The van der Waals surface area contributed by atoms with Crippen LogP contribution in [-0.2, 0) is 17.6 Å². The van der Waals surface area contributed by atoms with Crippen molar-refractivity contribution in [1.82, 2.24) is 24.5 Å². The molecule has 4 aromatic heterocycles. The van der Waals surface area contributed by atoms with Gasteiger partial charge in [0.25, 0.3) is 0 Å². The fourth-order valence-corrected chi connectivity index (χ4v) is 8.85. The van der Waals surface area contributed by atoms with Crippen LogP contribution in [0.1, 0.15) is 72.1 Å². The van der Waals surface area contributed by atoms with Gasteiger partial charge in [-0.2, -0.15) is 5.10 Å². The van der Waals surface area contributed by atoms with Crippen LogP contribution in [0.15, 0.2) is 12.5 Å². The van der Waals surface area contributed by atoms with E-state index in [2.05, 4.69) is 46.9 Å². The van der Waals surface area contributed by atoms with Crippen molar-refractivity contribution in [2.24, 2.45) is 11.7 Å². The lowest BCUT2D eigenvalue weighted by atomic mass is 9.88. The van der Waals surface area contributed by atoms with Gasteiger partial charge in [0.2, 0.25) is 5.91 Å². The molecular formula is C27H32N6OS. The van der Waals surface area contributed by atoms with Gasteiger partial charge in [-0.1, -0.05) is 13.8 Å². The highest BCUT2D eigenvalue weighted by molar-refractivity contribution is 7.19. The first-order valence-corrected chi connectivity index (χ1v) is 13.7. The van der Waals surface area contributed by atoms with Crippen molar-refractivity contribution in [2.45, 2.75) is 70.8 Å². The fourth-order valence-electron chi connectivity index (χ4n) is 7.42. The average Bonchev–Trinajstić information content (AvgIpc) is 3.61. The number of nitrogens with one attached hydrogen (secondary N) is 1. The molecule has 3 N–H and O–H groups in total. The van der Waals surface area contributed by atoms with Crippen molar-refractivity contribution in [3.63, 3.8) is 0 Å². The number of carbonyl (C=O) groups is 1. The highest BCUT2D eigenvalue weighted by atomic mass is 32.1. The van der Waals surface area contributed by atoms with Crippen molar-refractivity contribution < 1.29 is 4.79 Å². The van der Waals surface area contributed by atoms with Crippen LogP contribution in [0.25, 0.3) is 27.1 Å². The average molecular weight is 489 g/mol. The molecule has 7 rings (SSSR count). The molecule has 2 bridgehead atoms. The smallest absolute Gasteiger partial charge is 0.231 e. The number of H-pyrrole nitrogens is 1. The van der Waals surface area contributed by atoms with Gasteiger partial charge in [-0.25, -0.2) is 9.50 Å². The van der Waals surface area contributed by atoms with Gasteiger partial charge in [0, 0.05) is 40.2 Å². The number of fused-ring (bicyclic) bond motifs is 6. The molecule has 8 heteroatoms. The van der Waals surface area contributed by atoms with Gasteiger partial charge in [-0.05, 0) is 73.5 Å². The Balaban J connectivity index is 1.32. The number of thiophene rings is 1. The Hall–Kier alpha value is -2.71. The molecule has 35 heavy (non-hydrogen) atoms. The molecule has 4 aromatic rings. The summed E-state index contributed by atoms with van der Waals surface area (Å²) in [4.78, 5) is 25.1. The van der Waals surface area contributed by atoms with Gasteiger partial charge in [0.05, 0.1) is 12.2 Å². The van der Waals surface area contributed by atoms with Crippen LogP contribution in [0.2, 0.25) is 0 Å². The van der Waals surface area contributed by atoms with Crippen molar-refractivity contribution in [3.8, 4) is 11.3 Å². The number of amides is 1. The molecule has 0 radical (unpaired) electrons. The molecule has 5 heterocycles. The second-order valence-corrected chi connectivity index (χ2v) is 12.2. The number of aryl methyl sites for hydroxylation is 2. The Morgan fingerprint density at radius 2 is 2.11 bits per heavy atom. The van der Waals surface area contributed by atoms with Crippen molar-refractivity contribution in [2.75, 3.05) is 13.1 Å². The first-order valence-electron chi connectivity index (χ1n) is 12.9. The van der Waals surface area contributed by atoms with E-state index in [4.69, 9.17) is 5.73 Å². The van der Waals surface area contributed by atoms with E-state index in [-0.39, 0.29) is 5.91 Å². The third kappa shape index (κ3) is 3.08. The van der Waals surface area contributed by atoms with E-state index in [1.54, 1.807) is 11.2 Å². The van der Waals surface area contributed by atoms with E-state index in [0.717, 1.165) is 31.5 Å². The fraction of sp³-hybridized carbons (Fsp3) is 0.519. The normalized spacial score (nSPS) is 23.9. The van der Waals surface area contributed by atoms with Crippen LogP contribution in [0.3, 0.4) is 0 Å².